The molecule has 0 saturated heterocycles. The van der Waals surface area contributed by atoms with Crippen LogP contribution in [-0.2, 0) is 0 Å². The summed E-state index contributed by atoms with van der Waals surface area (Å²) in [6.07, 6.45) is 0. The van der Waals surface area contributed by atoms with Crippen molar-refractivity contribution in [3.05, 3.63) is 9.48 Å². The quantitative estimate of drug-likeness (QED) is 0.763. The second-order valence-electron chi connectivity index (χ2n) is 1.63. The highest BCUT2D eigenvalue weighted by molar-refractivity contribution is 9.11. The van der Waals surface area contributed by atoms with E-state index in [1.165, 1.54) is 0 Å². The lowest BCUT2D eigenvalue weighted by molar-refractivity contribution is 1.24. The summed E-state index contributed by atoms with van der Waals surface area (Å²) in [4.78, 5) is 4.19. The van der Waals surface area contributed by atoms with Gasteiger partial charge in [0.1, 0.15) is 0 Å². The monoisotopic (exact) mass is 206 g/mol. The maximum Gasteiger partial charge on any atom is 0.183 e. The zero-order valence-electron chi connectivity index (χ0n) is 5.23. The summed E-state index contributed by atoms with van der Waals surface area (Å²) in [5, 5.41) is 3.92. The van der Waals surface area contributed by atoms with Crippen LogP contribution in [0.25, 0.3) is 0 Å². The highest BCUT2D eigenvalue weighted by Gasteiger charge is 2.00. The van der Waals surface area contributed by atoms with Gasteiger partial charge in [-0.15, -0.1) is 0 Å². The molecule has 0 atom stereocenters. The van der Waals surface area contributed by atoms with Crippen LogP contribution in [0.15, 0.2) is 3.79 Å². The first-order chi connectivity index (χ1) is 4.24. The maximum absolute atomic E-state index is 4.19. The maximum atomic E-state index is 4.19. The van der Waals surface area contributed by atoms with Crippen molar-refractivity contribution in [2.75, 3.05) is 12.4 Å². The first-order valence-electron chi connectivity index (χ1n) is 2.54. The molecule has 0 radical (unpaired) electrons. The van der Waals surface area contributed by atoms with Gasteiger partial charge in [-0.25, -0.2) is 4.98 Å². The number of anilines is 1. The number of rotatable bonds is 1. The number of nitrogens with zero attached hydrogens (tertiary/aromatic N) is 1. The standard InChI is InChI=1S/C5H7BrN2S/c1-3-4(6)9-5(7-2)8-3/h1-2H3,(H,7,8). The van der Waals surface area contributed by atoms with Gasteiger partial charge in [-0.05, 0) is 22.9 Å². The Kier molecular flexibility index (Phi) is 2.08. The van der Waals surface area contributed by atoms with Crippen LogP contribution in [0.2, 0.25) is 0 Å². The molecule has 0 aliphatic rings. The van der Waals surface area contributed by atoms with Gasteiger partial charge < -0.3 is 5.32 Å². The van der Waals surface area contributed by atoms with Gasteiger partial charge in [0.15, 0.2) is 5.13 Å². The zero-order chi connectivity index (χ0) is 6.85. The van der Waals surface area contributed by atoms with E-state index in [0.717, 1.165) is 14.6 Å². The van der Waals surface area contributed by atoms with Gasteiger partial charge in [0, 0.05) is 7.05 Å². The van der Waals surface area contributed by atoms with Crippen molar-refractivity contribution in [1.82, 2.24) is 4.98 Å². The third kappa shape index (κ3) is 1.43. The highest BCUT2D eigenvalue weighted by atomic mass is 79.9. The summed E-state index contributed by atoms with van der Waals surface area (Å²) < 4.78 is 1.10. The van der Waals surface area contributed by atoms with Crippen LogP contribution in [0.1, 0.15) is 5.69 Å². The van der Waals surface area contributed by atoms with E-state index in [1.54, 1.807) is 11.3 Å². The smallest absolute Gasteiger partial charge is 0.183 e. The molecule has 0 spiro atoms. The van der Waals surface area contributed by atoms with E-state index in [0.29, 0.717) is 0 Å². The van der Waals surface area contributed by atoms with Gasteiger partial charge in [-0.3, -0.25) is 0 Å². The summed E-state index contributed by atoms with van der Waals surface area (Å²) >= 11 is 4.98. The van der Waals surface area contributed by atoms with Crippen molar-refractivity contribution in [2.45, 2.75) is 6.92 Å². The summed E-state index contributed by atoms with van der Waals surface area (Å²) in [5.74, 6) is 0. The van der Waals surface area contributed by atoms with Gasteiger partial charge in [0.2, 0.25) is 0 Å². The molecule has 0 unspecified atom stereocenters. The molecule has 0 aromatic carbocycles. The van der Waals surface area contributed by atoms with E-state index < -0.39 is 0 Å². The Balaban J connectivity index is 2.98. The molecule has 9 heavy (non-hydrogen) atoms. The predicted molar refractivity (Wildman–Crippen MR) is 44.1 cm³/mol. The molecule has 4 heteroatoms. The average Bonchev–Trinajstić information content (AvgIpc) is 2.13. The number of aryl methyl sites for hydroxylation is 1. The Labute approximate surface area is 66.4 Å². The van der Waals surface area contributed by atoms with E-state index >= 15 is 0 Å². The number of aromatic nitrogens is 1. The molecule has 2 nitrogen and oxygen atoms in total. The van der Waals surface area contributed by atoms with E-state index in [9.17, 15) is 0 Å². The van der Waals surface area contributed by atoms with E-state index in [1.807, 2.05) is 14.0 Å². The average molecular weight is 207 g/mol. The minimum atomic E-state index is 0.958. The van der Waals surface area contributed by atoms with Gasteiger partial charge in [-0.2, -0.15) is 0 Å². The largest absolute Gasteiger partial charge is 0.365 e. The second-order valence-corrected chi connectivity index (χ2v) is 3.95. The van der Waals surface area contributed by atoms with Gasteiger partial charge in [0.25, 0.3) is 0 Å². The molecule has 1 aromatic rings. The van der Waals surface area contributed by atoms with Crippen molar-refractivity contribution in [1.29, 1.82) is 0 Å². The molecular formula is C5H7BrN2S. The molecule has 0 saturated carbocycles. The van der Waals surface area contributed by atoms with Crippen molar-refractivity contribution < 1.29 is 0 Å². The fraction of sp³-hybridized carbons (Fsp3) is 0.400. The summed E-state index contributed by atoms with van der Waals surface area (Å²) in [6.45, 7) is 1.97. The van der Waals surface area contributed by atoms with Crippen LogP contribution >= 0.6 is 27.3 Å². The van der Waals surface area contributed by atoms with Crippen LogP contribution in [0.3, 0.4) is 0 Å². The molecule has 0 amide bonds. The fourth-order valence-electron chi connectivity index (χ4n) is 0.485. The third-order valence-corrected chi connectivity index (χ3v) is 2.98. The van der Waals surface area contributed by atoms with Crippen molar-refractivity contribution in [3.63, 3.8) is 0 Å². The summed E-state index contributed by atoms with van der Waals surface area (Å²) in [7, 11) is 1.87. The lowest BCUT2D eigenvalue weighted by Gasteiger charge is -1.85. The Morgan fingerprint density at radius 2 is 2.33 bits per heavy atom. The van der Waals surface area contributed by atoms with Crippen LogP contribution in [0, 0.1) is 6.92 Å². The molecule has 50 valence electrons. The molecule has 0 aliphatic heterocycles. The normalized spacial score (nSPS) is 9.67. The number of thiazole rings is 1. The molecule has 0 bridgehead atoms. The minimum absolute atomic E-state index is 0.958. The van der Waals surface area contributed by atoms with Crippen molar-refractivity contribution >= 4 is 32.4 Å². The number of hydrogen-bond donors (Lipinski definition) is 1. The van der Waals surface area contributed by atoms with Gasteiger partial charge in [-0.1, -0.05) is 11.3 Å². The predicted octanol–water partition coefficient (Wildman–Crippen LogP) is 2.26. The molecular weight excluding hydrogens is 200 g/mol. The van der Waals surface area contributed by atoms with E-state index in [-0.39, 0.29) is 0 Å². The van der Waals surface area contributed by atoms with Crippen LogP contribution in [0.4, 0.5) is 5.13 Å². The molecule has 1 rings (SSSR count). The zero-order valence-corrected chi connectivity index (χ0v) is 7.64. The molecule has 0 fully saturated rings. The number of halogens is 1. The van der Waals surface area contributed by atoms with Gasteiger partial charge >= 0.3 is 0 Å². The van der Waals surface area contributed by atoms with Crippen LogP contribution < -0.4 is 5.32 Å². The Bertz CT molecular complexity index is 189. The number of nitrogens with one attached hydrogen (secondary N) is 1. The Morgan fingerprint density at radius 3 is 2.56 bits per heavy atom. The Hall–Kier alpha value is -0.0900. The first kappa shape index (κ1) is 7.02. The molecule has 0 aliphatic carbocycles. The Morgan fingerprint density at radius 1 is 1.67 bits per heavy atom. The van der Waals surface area contributed by atoms with E-state index in [2.05, 4.69) is 26.2 Å². The van der Waals surface area contributed by atoms with Crippen LogP contribution in [-0.4, -0.2) is 12.0 Å². The molecule has 1 aromatic heterocycles. The van der Waals surface area contributed by atoms with Crippen molar-refractivity contribution in [3.8, 4) is 0 Å². The van der Waals surface area contributed by atoms with Crippen LogP contribution in [0.5, 0.6) is 0 Å². The number of hydrogen-bond acceptors (Lipinski definition) is 3. The SMILES string of the molecule is CNc1nc(C)c(Br)s1. The van der Waals surface area contributed by atoms with Gasteiger partial charge in [0.05, 0.1) is 9.48 Å². The van der Waals surface area contributed by atoms with Crippen molar-refractivity contribution in [2.24, 2.45) is 0 Å². The lowest BCUT2D eigenvalue weighted by Crippen LogP contribution is -1.84. The van der Waals surface area contributed by atoms with E-state index in [4.69, 9.17) is 0 Å². The highest BCUT2D eigenvalue weighted by Crippen LogP contribution is 2.26. The second kappa shape index (κ2) is 2.66. The lowest BCUT2D eigenvalue weighted by atomic mass is 10.6. The topological polar surface area (TPSA) is 24.9 Å². The first-order valence-corrected chi connectivity index (χ1v) is 4.15. The summed E-state index contributed by atoms with van der Waals surface area (Å²) in [5.41, 5.74) is 1.05. The minimum Gasteiger partial charge on any atom is -0.365 e. The molecule has 1 heterocycles. The third-order valence-electron chi connectivity index (χ3n) is 0.954. The fourth-order valence-corrected chi connectivity index (χ4v) is 1.68. The summed E-state index contributed by atoms with van der Waals surface area (Å²) in [6, 6.07) is 0. The molecule has 1 N–H and O–H groups in total.